The minimum absolute atomic E-state index is 0.0839. The monoisotopic (exact) mass is 478 g/mol. The smallest absolute Gasteiger partial charge is 0.170 e. The second-order valence-corrected chi connectivity index (χ2v) is 8.87. The SMILES string of the molecule is S=C1N[C@@H](c2ccccn2)[C@@H](c2cccn2-c2ccc(Cl)cc2Cl)N1Cc1ccccc1. The van der Waals surface area contributed by atoms with Gasteiger partial charge in [-0.3, -0.25) is 4.98 Å². The van der Waals surface area contributed by atoms with Crippen LogP contribution >= 0.6 is 35.4 Å². The molecule has 5 rings (SSSR count). The lowest BCUT2D eigenvalue weighted by atomic mass is 10.0. The van der Waals surface area contributed by atoms with Crippen LogP contribution in [0, 0.1) is 0 Å². The highest BCUT2D eigenvalue weighted by atomic mass is 35.5. The van der Waals surface area contributed by atoms with Gasteiger partial charge in [0.15, 0.2) is 5.11 Å². The lowest BCUT2D eigenvalue weighted by Gasteiger charge is -2.29. The molecule has 1 aliphatic heterocycles. The van der Waals surface area contributed by atoms with Crippen LogP contribution in [0.4, 0.5) is 0 Å². The molecule has 7 heteroatoms. The van der Waals surface area contributed by atoms with Crippen molar-refractivity contribution >= 4 is 40.5 Å². The van der Waals surface area contributed by atoms with Gasteiger partial charge in [0.25, 0.3) is 0 Å². The zero-order valence-corrected chi connectivity index (χ0v) is 19.4. The van der Waals surface area contributed by atoms with Gasteiger partial charge < -0.3 is 14.8 Å². The molecule has 0 radical (unpaired) electrons. The molecule has 2 atom stereocenters. The standard InChI is InChI=1S/C25H20Cl2N4S/c26-18-11-12-21(19(27)15-18)30-14-6-10-22(30)24-23(20-9-4-5-13-28-20)29-25(32)31(24)16-17-7-2-1-3-8-17/h1-15,23-24H,16H2,(H,29,32)/t23-,24+/m0/s1. The maximum atomic E-state index is 6.58. The van der Waals surface area contributed by atoms with Crippen molar-refractivity contribution in [2.45, 2.75) is 18.6 Å². The Morgan fingerprint density at radius 3 is 2.50 bits per heavy atom. The predicted octanol–water partition coefficient (Wildman–Crippen LogP) is 6.35. The molecule has 0 unspecified atom stereocenters. The van der Waals surface area contributed by atoms with Crippen molar-refractivity contribution in [1.29, 1.82) is 0 Å². The summed E-state index contributed by atoms with van der Waals surface area (Å²) in [7, 11) is 0. The Bertz CT molecular complexity index is 1240. The number of thiocarbonyl (C=S) groups is 1. The van der Waals surface area contributed by atoms with Crippen LogP contribution in [0.2, 0.25) is 10.0 Å². The summed E-state index contributed by atoms with van der Waals surface area (Å²) in [6, 6.07) is 25.8. The number of rotatable bonds is 5. The van der Waals surface area contributed by atoms with Crippen molar-refractivity contribution in [1.82, 2.24) is 19.8 Å². The topological polar surface area (TPSA) is 33.1 Å². The lowest BCUT2D eigenvalue weighted by molar-refractivity contribution is 0.302. The Kier molecular flexibility index (Phi) is 5.87. The highest BCUT2D eigenvalue weighted by Gasteiger charge is 2.41. The fourth-order valence-corrected chi connectivity index (χ4v) is 5.01. The van der Waals surface area contributed by atoms with Gasteiger partial charge in [0.2, 0.25) is 0 Å². The number of aromatic nitrogens is 2. The van der Waals surface area contributed by atoms with Crippen molar-refractivity contribution in [2.75, 3.05) is 0 Å². The Morgan fingerprint density at radius 2 is 1.75 bits per heavy atom. The van der Waals surface area contributed by atoms with Crippen molar-refractivity contribution in [3.8, 4) is 5.69 Å². The minimum Gasteiger partial charge on any atom is -0.352 e. The predicted molar refractivity (Wildman–Crippen MR) is 133 cm³/mol. The molecule has 2 aromatic carbocycles. The number of nitrogens with one attached hydrogen (secondary N) is 1. The molecule has 0 aliphatic carbocycles. The van der Waals surface area contributed by atoms with Gasteiger partial charge in [-0.25, -0.2) is 0 Å². The minimum atomic E-state index is -0.105. The van der Waals surface area contributed by atoms with Gasteiger partial charge in [0.05, 0.1) is 28.5 Å². The molecule has 0 saturated carbocycles. The van der Waals surface area contributed by atoms with Gasteiger partial charge in [-0.1, -0.05) is 59.6 Å². The van der Waals surface area contributed by atoms with Crippen LogP contribution in [0.3, 0.4) is 0 Å². The van der Waals surface area contributed by atoms with Gasteiger partial charge in [0.1, 0.15) is 0 Å². The summed E-state index contributed by atoms with van der Waals surface area (Å²) >= 11 is 18.5. The van der Waals surface area contributed by atoms with Crippen LogP contribution in [0.5, 0.6) is 0 Å². The molecule has 0 amide bonds. The largest absolute Gasteiger partial charge is 0.352 e. The van der Waals surface area contributed by atoms with Crippen LogP contribution in [0.15, 0.2) is 91.3 Å². The molecule has 2 aromatic heterocycles. The average Bonchev–Trinajstić information content (AvgIpc) is 3.40. The quantitative estimate of drug-likeness (QED) is 0.338. The second-order valence-electron chi connectivity index (χ2n) is 7.64. The van der Waals surface area contributed by atoms with Crippen molar-refractivity contribution in [2.24, 2.45) is 0 Å². The van der Waals surface area contributed by atoms with Gasteiger partial charge in [-0.05, 0) is 60.2 Å². The molecule has 32 heavy (non-hydrogen) atoms. The van der Waals surface area contributed by atoms with E-state index in [4.69, 9.17) is 35.4 Å². The summed E-state index contributed by atoms with van der Waals surface area (Å²) in [5.74, 6) is 0. The van der Waals surface area contributed by atoms with Crippen LogP contribution in [-0.2, 0) is 6.54 Å². The van der Waals surface area contributed by atoms with Gasteiger partial charge >= 0.3 is 0 Å². The van der Waals surface area contributed by atoms with Crippen molar-refractivity contribution in [3.05, 3.63) is 118 Å². The zero-order chi connectivity index (χ0) is 22.1. The maximum Gasteiger partial charge on any atom is 0.170 e. The second kappa shape index (κ2) is 8.94. The van der Waals surface area contributed by atoms with Crippen molar-refractivity contribution < 1.29 is 0 Å². The van der Waals surface area contributed by atoms with Gasteiger partial charge in [-0.2, -0.15) is 0 Å². The first-order valence-corrected chi connectivity index (χ1v) is 11.4. The third kappa shape index (κ3) is 3.99. The lowest BCUT2D eigenvalue weighted by Crippen LogP contribution is -2.30. The molecular formula is C25H20Cl2N4S. The molecule has 1 saturated heterocycles. The molecule has 0 bridgehead atoms. The Balaban J connectivity index is 1.62. The highest BCUT2D eigenvalue weighted by Crippen LogP contribution is 2.41. The van der Waals surface area contributed by atoms with E-state index < -0.39 is 0 Å². The van der Waals surface area contributed by atoms with E-state index in [1.807, 2.05) is 67.0 Å². The summed E-state index contributed by atoms with van der Waals surface area (Å²) in [4.78, 5) is 6.85. The molecule has 4 aromatic rings. The Morgan fingerprint density at radius 1 is 0.938 bits per heavy atom. The molecule has 0 spiro atoms. The van der Waals surface area contributed by atoms with Crippen LogP contribution in [-0.4, -0.2) is 19.6 Å². The summed E-state index contributed by atoms with van der Waals surface area (Å²) in [6.07, 6.45) is 3.83. The van der Waals surface area contributed by atoms with E-state index in [2.05, 4.69) is 38.0 Å². The number of hydrogen-bond donors (Lipinski definition) is 1. The van der Waals surface area contributed by atoms with Crippen LogP contribution in [0.25, 0.3) is 5.69 Å². The first-order valence-electron chi connectivity index (χ1n) is 10.3. The van der Waals surface area contributed by atoms with E-state index in [1.165, 1.54) is 5.56 Å². The summed E-state index contributed by atoms with van der Waals surface area (Å²) in [5, 5.41) is 5.40. The van der Waals surface area contributed by atoms with Crippen molar-refractivity contribution in [3.63, 3.8) is 0 Å². The normalized spacial score (nSPS) is 18.1. The molecular weight excluding hydrogens is 459 g/mol. The maximum absolute atomic E-state index is 6.58. The van der Waals surface area contributed by atoms with Gasteiger partial charge in [-0.15, -0.1) is 0 Å². The number of benzene rings is 2. The Hall–Kier alpha value is -2.86. The van der Waals surface area contributed by atoms with E-state index in [0.717, 1.165) is 17.1 Å². The molecule has 1 fully saturated rings. The zero-order valence-electron chi connectivity index (χ0n) is 17.0. The van der Waals surface area contributed by atoms with Crippen LogP contribution < -0.4 is 5.32 Å². The fourth-order valence-electron chi connectivity index (χ4n) is 4.21. The number of pyridine rings is 1. The van der Waals surface area contributed by atoms with E-state index in [1.54, 1.807) is 6.07 Å². The number of halogens is 2. The van der Waals surface area contributed by atoms with Gasteiger partial charge in [0, 0.05) is 29.7 Å². The fraction of sp³-hybridized carbons (Fsp3) is 0.120. The van der Waals surface area contributed by atoms with E-state index >= 15 is 0 Å². The van der Waals surface area contributed by atoms with E-state index in [-0.39, 0.29) is 12.1 Å². The Labute approximate surface area is 202 Å². The number of hydrogen-bond acceptors (Lipinski definition) is 2. The summed E-state index contributed by atoms with van der Waals surface area (Å²) in [5.41, 5.74) is 4.05. The molecule has 4 nitrogen and oxygen atoms in total. The third-order valence-electron chi connectivity index (χ3n) is 5.65. The molecule has 160 valence electrons. The summed E-state index contributed by atoms with van der Waals surface area (Å²) in [6.45, 7) is 0.681. The van der Waals surface area contributed by atoms with Crippen LogP contribution in [0.1, 0.15) is 29.0 Å². The molecule has 3 heterocycles. The number of nitrogens with zero attached hydrogens (tertiary/aromatic N) is 3. The third-order valence-corrected chi connectivity index (χ3v) is 6.54. The first-order chi connectivity index (χ1) is 15.6. The van der Waals surface area contributed by atoms with E-state index in [0.29, 0.717) is 21.7 Å². The highest BCUT2D eigenvalue weighted by molar-refractivity contribution is 7.80. The molecule has 1 aliphatic rings. The van der Waals surface area contributed by atoms with E-state index in [9.17, 15) is 0 Å². The first kappa shape index (κ1) is 21.0. The summed E-state index contributed by atoms with van der Waals surface area (Å²) < 4.78 is 2.10. The average molecular weight is 479 g/mol. The molecule has 1 N–H and O–H groups in total.